The Balaban J connectivity index is 2.22. The van der Waals surface area contributed by atoms with E-state index in [9.17, 15) is 10.1 Å². The van der Waals surface area contributed by atoms with Crippen LogP contribution in [-0.2, 0) is 6.61 Å². The predicted molar refractivity (Wildman–Crippen MR) is 71.6 cm³/mol. The molecule has 2 heterocycles. The number of rotatable bonds is 4. The van der Waals surface area contributed by atoms with Crippen LogP contribution in [0.4, 0.5) is 11.6 Å². The maximum absolute atomic E-state index is 10.8. The lowest BCUT2D eigenvalue weighted by atomic mass is 10.3. The molecule has 0 spiro atoms. The average Bonchev–Trinajstić information content (AvgIpc) is 2.37. The van der Waals surface area contributed by atoms with Gasteiger partial charge in [-0.2, -0.15) is 0 Å². The number of nitrogens with zero attached hydrogens (tertiary/aromatic N) is 3. The average molecular weight is 325 g/mol. The molecule has 0 amide bonds. The van der Waals surface area contributed by atoms with Gasteiger partial charge >= 0.3 is 5.82 Å². The van der Waals surface area contributed by atoms with Gasteiger partial charge in [0, 0.05) is 17.8 Å². The summed E-state index contributed by atoms with van der Waals surface area (Å²) in [4.78, 5) is 17.8. The molecule has 0 bridgehead atoms. The standard InChI is InChI=1S/C11H9BrN4O3/c12-8-4-9(11(15-5-8)16(17)18)19-6-7-2-1-3-14-10(7)13/h1-5H,6H2,(H2,13,14). The SMILES string of the molecule is Nc1ncccc1COc1cc(Br)cnc1[N+](=O)[O-]. The zero-order chi connectivity index (χ0) is 13.8. The number of hydrogen-bond acceptors (Lipinski definition) is 6. The van der Waals surface area contributed by atoms with Crippen molar-refractivity contribution in [2.24, 2.45) is 0 Å². The van der Waals surface area contributed by atoms with Crippen molar-refractivity contribution < 1.29 is 9.66 Å². The van der Waals surface area contributed by atoms with Crippen LogP contribution in [0.2, 0.25) is 0 Å². The molecular weight excluding hydrogens is 316 g/mol. The van der Waals surface area contributed by atoms with Crippen molar-refractivity contribution in [2.45, 2.75) is 6.61 Å². The van der Waals surface area contributed by atoms with Crippen LogP contribution < -0.4 is 10.5 Å². The van der Waals surface area contributed by atoms with Crippen molar-refractivity contribution in [3.05, 3.63) is 50.7 Å². The van der Waals surface area contributed by atoms with Gasteiger partial charge in [0.05, 0.1) is 4.47 Å². The minimum absolute atomic E-state index is 0.0719. The third-order valence-electron chi connectivity index (χ3n) is 2.28. The number of aromatic nitrogens is 2. The number of nitro groups is 1. The van der Waals surface area contributed by atoms with Gasteiger partial charge in [-0.3, -0.25) is 0 Å². The number of anilines is 1. The normalized spacial score (nSPS) is 10.2. The largest absolute Gasteiger partial charge is 0.481 e. The van der Waals surface area contributed by atoms with E-state index in [-0.39, 0.29) is 18.2 Å². The zero-order valence-electron chi connectivity index (χ0n) is 9.62. The van der Waals surface area contributed by atoms with Crippen molar-refractivity contribution in [1.29, 1.82) is 0 Å². The van der Waals surface area contributed by atoms with Crippen molar-refractivity contribution in [2.75, 3.05) is 5.73 Å². The predicted octanol–water partition coefficient (Wildman–Crippen LogP) is 2.31. The van der Waals surface area contributed by atoms with Gasteiger partial charge in [0.15, 0.2) is 6.20 Å². The molecule has 2 aromatic heterocycles. The third kappa shape index (κ3) is 3.16. The minimum Gasteiger partial charge on any atom is -0.481 e. The molecule has 2 rings (SSSR count). The molecule has 0 atom stereocenters. The fraction of sp³-hybridized carbons (Fsp3) is 0.0909. The lowest BCUT2D eigenvalue weighted by Crippen LogP contribution is -2.04. The summed E-state index contributed by atoms with van der Waals surface area (Å²) in [6, 6.07) is 4.93. The summed E-state index contributed by atoms with van der Waals surface area (Å²) < 4.78 is 5.98. The van der Waals surface area contributed by atoms with Crippen LogP contribution >= 0.6 is 15.9 Å². The van der Waals surface area contributed by atoms with Crippen LogP contribution in [0, 0.1) is 10.1 Å². The van der Waals surface area contributed by atoms with E-state index >= 15 is 0 Å². The van der Waals surface area contributed by atoms with Crippen molar-refractivity contribution >= 4 is 27.6 Å². The van der Waals surface area contributed by atoms with Crippen LogP contribution in [0.5, 0.6) is 5.75 Å². The Bertz CT molecular complexity index is 621. The van der Waals surface area contributed by atoms with E-state index in [2.05, 4.69) is 25.9 Å². The lowest BCUT2D eigenvalue weighted by Gasteiger charge is -2.07. The molecule has 2 N–H and O–H groups in total. The van der Waals surface area contributed by atoms with E-state index in [1.165, 1.54) is 12.3 Å². The number of nitrogens with two attached hydrogens (primary N) is 1. The second kappa shape index (κ2) is 5.61. The fourth-order valence-corrected chi connectivity index (χ4v) is 1.70. The fourth-order valence-electron chi connectivity index (χ4n) is 1.39. The van der Waals surface area contributed by atoms with E-state index in [0.29, 0.717) is 15.9 Å². The summed E-state index contributed by atoms with van der Waals surface area (Å²) in [6.07, 6.45) is 2.89. The molecule has 0 aliphatic carbocycles. The summed E-state index contributed by atoms with van der Waals surface area (Å²) in [6.45, 7) is 0.0820. The monoisotopic (exact) mass is 324 g/mol. The highest BCUT2D eigenvalue weighted by molar-refractivity contribution is 9.10. The maximum Gasteiger partial charge on any atom is 0.406 e. The molecule has 0 fully saturated rings. The Morgan fingerprint density at radius 2 is 2.26 bits per heavy atom. The Morgan fingerprint density at radius 1 is 1.47 bits per heavy atom. The smallest absolute Gasteiger partial charge is 0.406 e. The first-order chi connectivity index (χ1) is 9.08. The Hall–Kier alpha value is -2.22. The Labute approximate surface area is 116 Å². The first-order valence-corrected chi connectivity index (χ1v) is 5.99. The molecule has 0 aromatic carbocycles. The van der Waals surface area contributed by atoms with Crippen molar-refractivity contribution in [3.8, 4) is 5.75 Å². The number of nitrogen functional groups attached to an aromatic ring is 1. The minimum atomic E-state index is -0.603. The van der Waals surface area contributed by atoms with Gasteiger partial charge in [0.25, 0.3) is 0 Å². The molecule has 0 aliphatic heterocycles. The number of ether oxygens (including phenoxy) is 1. The topological polar surface area (TPSA) is 104 Å². The summed E-state index contributed by atoms with van der Waals surface area (Å²) >= 11 is 3.18. The maximum atomic E-state index is 10.8. The first-order valence-electron chi connectivity index (χ1n) is 5.20. The molecule has 0 aliphatic rings. The van der Waals surface area contributed by atoms with Crippen molar-refractivity contribution in [3.63, 3.8) is 0 Å². The highest BCUT2D eigenvalue weighted by Gasteiger charge is 2.17. The molecule has 2 aromatic rings. The summed E-state index contributed by atoms with van der Waals surface area (Å²) in [7, 11) is 0. The zero-order valence-corrected chi connectivity index (χ0v) is 11.2. The molecule has 0 radical (unpaired) electrons. The highest BCUT2D eigenvalue weighted by Crippen LogP contribution is 2.28. The third-order valence-corrected chi connectivity index (χ3v) is 2.72. The molecule has 0 saturated carbocycles. The molecule has 0 unspecified atom stereocenters. The quantitative estimate of drug-likeness (QED) is 0.683. The van der Waals surface area contributed by atoms with E-state index in [4.69, 9.17) is 10.5 Å². The Morgan fingerprint density at radius 3 is 2.95 bits per heavy atom. The van der Waals surface area contributed by atoms with Gasteiger partial charge in [0.2, 0.25) is 5.75 Å². The summed E-state index contributed by atoms with van der Waals surface area (Å²) in [5, 5.41) is 10.8. The number of halogens is 1. The lowest BCUT2D eigenvalue weighted by molar-refractivity contribution is -0.390. The van der Waals surface area contributed by atoms with Gasteiger partial charge in [-0.1, -0.05) is 6.07 Å². The molecule has 19 heavy (non-hydrogen) atoms. The summed E-state index contributed by atoms with van der Waals surface area (Å²) in [5.41, 5.74) is 6.31. The Kier molecular flexibility index (Phi) is 3.91. The van der Waals surface area contributed by atoms with Crippen molar-refractivity contribution in [1.82, 2.24) is 9.97 Å². The van der Waals surface area contributed by atoms with Crippen LogP contribution in [0.25, 0.3) is 0 Å². The van der Waals surface area contributed by atoms with Crippen LogP contribution in [0.1, 0.15) is 5.56 Å². The van der Waals surface area contributed by atoms with Crippen LogP contribution in [-0.4, -0.2) is 14.9 Å². The number of hydrogen-bond donors (Lipinski definition) is 1. The van der Waals surface area contributed by atoms with E-state index in [1.807, 2.05) is 0 Å². The molecule has 8 heteroatoms. The van der Waals surface area contributed by atoms with Gasteiger partial charge in [-0.25, -0.2) is 4.98 Å². The van der Waals surface area contributed by atoms with Gasteiger partial charge in [0.1, 0.15) is 12.4 Å². The molecule has 0 saturated heterocycles. The van der Waals surface area contributed by atoms with Crippen LogP contribution in [0.15, 0.2) is 35.1 Å². The molecule has 7 nitrogen and oxygen atoms in total. The molecule has 98 valence electrons. The highest BCUT2D eigenvalue weighted by atomic mass is 79.9. The second-order valence-corrected chi connectivity index (χ2v) is 4.48. The van der Waals surface area contributed by atoms with E-state index < -0.39 is 4.92 Å². The van der Waals surface area contributed by atoms with E-state index in [0.717, 1.165) is 0 Å². The summed E-state index contributed by atoms with van der Waals surface area (Å²) in [5.74, 6) is 0.0569. The van der Waals surface area contributed by atoms with Crippen LogP contribution in [0.3, 0.4) is 0 Å². The van der Waals surface area contributed by atoms with Gasteiger partial charge < -0.3 is 20.6 Å². The van der Waals surface area contributed by atoms with Gasteiger partial charge in [-0.05, 0) is 31.9 Å². The first kappa shape index (κ1) is 13.2. The second-order valence-electron chi connectivity index (χ2n) is 3.57. The van der Waals surface area contributed by atoms with E-state index in [1.54, 1.807) is 18.3 Å². The molecular formula is C11H9BrN4O3. The van der Waals surface area contributed by atoms with Gasteiger partial charge in [-0.15, -0.1) is 0 Å². The number of pyridine rings is 2.